The predicted octanol–water partition coefficient (Wildman–Crippen LogP) is 3.88. The number of aromatic amines is 1. The second-order valence-electron chi connectivity index (χ2n) is 4.06. The number of alkyl halides is 3. The van der Waals surface area contributed by atoms with Gasteiger partial charge in [-0.05, 0) is 30.7 Å². The lowest BCUT2D eigenvalue weighted by Crippen LogP contribution is -2.07. The molecular weight excluding hydrogens is 271 g/mol. The Morgan fingerprint density at radius 1 is 1.20 bits per heavy atom. The van der Waals surface area contributed by atoms with Crippen molar-refractivity contribution in [2.75, 3.05) is 6.61 Å². The first-order chi connectivity index (χ1) is 9.43. The molecule has 0 saturated carbocycles. The first-order valence-corrected chi connectivity index (χ1v) is 5.95. The largest absolute Gasteiger partial charge is 0.461 e. The van der Waals surface area contributed by atoms with Crippen molar-refractivity contribution < 1.29 is 22.7 Å². The van der Waals surface area contributed by atoms with Crippen molar-refractivity contribution >= 4 is 5.97 Å². The number of ether oxygens (including phenoxy) is 1. The molecular formula is C14H12F3NO2. The minimum Gasteiger partial charge on any atom is -0.461 e. The molecule has 0 radical (unpaired) electrons. The number of H-pyrrole nitrogens is 1. The number of halogens is 3. The molecule has 1 aromatic heterocycles. The van der Waals surface area contributed by atoms with Gasteiger partial charge in [0, 0.05) is 11.8 Å². The van der Waals surface area contributed by atoms with Gasteiger partial charge < -0.3 is 9.72 Å². The van der Waals surface area contributed by atoms with Crippen LogP contribution >= 0.6 is 0 Å². The van der Waals surface area contributed by atoms with E-state index in [1.807, 2.05) is 0 Å². The number of carbonyl (C=O) groups is 1. The maximum Gasteiger partial charge on any atom is 0.416 e. The molecule has 2 aromatic rings. The maximum atomic E-state index is 12.5. The zero-order valence-corrected chi connectivity index (χ0v) is 10.6. The van der Waals surface area contributed by atoms with Crippen LogP contribution in [0.25, 0.3) is 11.1 Å². The summed E-state index contributed by atoms with van der Waals surface area (Å²) < 4.78 is 42.3. The molecule has 6 heteroatoms. The van der Waals surface area contributed by atoms with E-state index in [1.54, 1.807) is 19.2 Å². The number of esters is 1. The molecule has 106 valence electrons. The molecule has 0 saturated heterocycles. The number of aromatic nitrogens is 1. The summed E-state index contributed by atoms with van der Waals surface area (Å²) in [7, 11) is 0. The zero-order valence-electron chi connectivity index (χ0n) is 10.6. The third-order valence-corrected chi connectivity index (χ3v) is 2.75. The van der Waals surface area contributed by atoms with Crippen molar-refractivity contribution in [2.45, 2.75) is 13.1 Å². The Labute approximate surface area is 113 Å². The summed E-state index contributed by atoms with van der Waals surface area (Å²) in [6, 6.07) is 6.24. The molecule has 0 fully saturated rings. The summed E-state index contributed by atoms with van der Waals surface area (Å²) in [5, 5.41) is 0. The third-order valence-electron chi connectivity index (χ3n) is 2.75. The molecule has 0 unspecified atom stereocenters. The van der Waals surface area contributed by atoms with Crippen LogP contribution in [0.2, 0.25) is 0 Å². The van der Waals surface area contributed by atoms with Gasteiger partial charge in [0.15, 0.2) is 0 Å². The van der Waals surface area contributed by atoms with Gasteiger partial charge in [-0.15, -0.1) is 0 Å². The van der Waals surface area contributed by atoms with Crippen molar-refractivity contribution in [1.82, 2.24) is 4.98 Å². The van der Waals surface area contributed by atoms with Crippen LogP contribution in [0, 0.1) is 0 Å². The Balaban J connectivity index is 2.33. The molecule has 0 bridgehead atoms. The van der Waals surface area contributed by atoms with E-state index in [4.69, 9.17) is 4.74 Å². The average molecular weight is 283 g/mol. The van der Waals surface area contributed by atoms with Crippen molar-refractivity contribution in [3.8, 4) is 11.1 Å². The van der Waals surface area contributed by atoms with E-state index in [0.29, 0.717) is 11.1 Å². The van der Waals surface area contributed by atoms with Gasteiger partial charge in [-0.2, -0.15) is 13.2 Å². The fourth-order valence-electron chi connectivity index (χ4n) is 1.82. The first kappa shape index (κ1) is 14.2. The highest BCUT2D eigenvalue weighted by atomic mass is 19.4. The molecule has 0 aliphatic rings. The monoisotopic (exact) mass is 283 g/mol. The minimum absolute atomic E-state index is 0.226. The Morgan fingerprint density at radius 3 is 2.40 bits per heavy atom. The smallest absolute Gasteiger partial charge is 0.416 e. The highest BCUT2D eigenvalue weighted by molar-refractivity contribution is 5.95. The lowest BCUT2D eigenvalue weighted by Gasteiger charge is -2.08. The fraction of sp³-hybridized carbons (Fsp3) is 0.214. The molecule has 0 aliphatic heterocycles. The van der Waals surface area contributed by atoms with E-state index < -0.39 is 17.7 Å². The summed E-state index contributed by atoms with van der Waals surface area (Å²) in [6.45, 7) is 1.91. The summed E-state index contributed by atoms with van der Waals surface area (Å²) >= 11 is 0. The number of hydrogen-bond donors (Lipinski definition) is 1. The highest BCUT2D eigenvalue weighted by Gasteiger charge is 2.30. The standard InChI is InChI=1S/C14H12F3NO2/c1-2-20-13(19)12-11(7-8-18-12)9-3-5-10(6-4-9)14(15,16)17/h3-8,18H,2H2,1H3. The molecule has 1 aromatic carbocycles. The van der Waals surface area contributed by atoms with Gasteiger partial charge >= 0.3 is 12.1 Å². The van der Waals surface area contributed by atoms with Crippen molar-refractivity contribution in [3.05, 3.63) is 47.8 Å². The van der Waals surface area contributed by atoms with E-state index in [9.17, 15) is 18.0 Å². The van der Waals surface area contributed by atoms with Crippen LogP contribution < -0.4 is 0 Å². The van der Waals surface area contributed by atoms with Crippen LogP contribution in [0.15, 0.2) is 36.5 Å². The van der Waals surface area contributed by atoms with E-state index >= 15 is 0 Å². The van der Waals surface area contributed by atoms with Gasteiger partial charge in [-0.1, -0.05) is 12.1 Å². The summed E-state index contributed by atoms with van der Waals surface area (Å²) in [5.74, 6) is -0.535. The number of benzene rings is 1. The maximum absolute atomic E-state index is 12.5. The quantitative estimate of drug-likeness (QED) is 0.869. The number of rotatable bonds is 3. The fourth-order valence-corrected chi connectivity index (χ4v) is 1.82. The predicted molar refractivity (Wildman–Crippen MR) is 67.2 cm³/mol. The van der Waals surface area contributed by atoms with E-state index in [0.717, 1.165) is 12.1 Å². The van der Waals surface area contributed by atoms with Crippen LogP contribution in [-0.2, 0) is 10.9 Å². The van der Waals surface area contributed by atoms with Crippen molar-refractivity contribution in [2.24, 2.45) is 0 Å². The first-order valence-electron chi connectivity index (χ1n) is 5.95. The molecule has 2 rings (SSSR count). The van der Waals surface area contributed by atoms with Crippen LogP contribution in [0.1, 0.15) is 23.0 Å². The van der Waals surface area contributed by atoms with Crippen LogP contribution in [0.3, 0.4) is 0 Å². The van der Waals surface area contributed by atoms with Crippen molar-refractivity contribution in [3.63, 3.8) is 0 Å². The van der Waals surface area contributed by atoms with E-state index in [1.165, 1.54) is 12.1 Å². The number of nitrogens with one attached hydrogen (secondary N) is 1. The van der Waals surface area contributed by atoms with Gasteiger partial charge in [-0.25, -0.2) is 4.79 Å². The van der Waals surface area contributed by atoms with Gasteiger partial charge in [0.25, 0.3) is 0 Å². The Hall–Kier alpha value is -2.24. The third kappa shape index (κ3) is 2.84. The molecule has 1 N–H and O–H groups in total. The molecule has 0 amide bonds. The van der Waals surface area contributed by atoms with Gasteiger partial charge in [0.2, 0.25) is 0 Å². The van der Waals surface area contributed by atoms with Crippen LogP contribution in [-0.4, -0.2) is 17.6 Å². The average Bonchev–Trinajstić information content (AvgIpc) is 2.87. The summed E-state index contributed by atoms with van der Waals surface area (Å²) in [5.41, 5.74) is 0.528. The molecule has 0 aliphatic carbocycles. The SMILES string of the molecule is CCOC(=O)c1[nH]ccc1-c1ccc(C(F)(F)F)cc1. The van der Waals surface area contributed by atoms with E-state index in [-0.39, 0.29) is 12.3 Å². The van der Waals surface area contributed by atoms with Crippen LogP contribution in [0.5, 0.6) is 0 Å². The second kappa shape index (κ2) is 5.40. The Kier molecular flexibility index (Phi) is 3.83. The Morgan fingerprint density at radius 2 is 1.85 bits per heavy atom. The summed E-state index contributed by atoms with van der Waals surface area (Å²) in [6.07, 6.45) is -2.83. The number of carbonyl (C=O) groups excluding carboxylic acids is 1. The number of hydrogen-bond acceptors (Lipinski definition) is 2. The normalized spacial score (nSPS) is 11.4. The molecule has 20 heavy (non-hydrogen) atoms. The Bertz CT molecular complexity index is 600. The van der Waals surface area contributed by atoms with E-state index in [2.05, 4.69) is 4.98 Å². The summed E-state index contributed by atoms with van der Waals surface area (Å²) in [4.78, 5) is 14.4. The highest BCUT2D eigenvalue weighted by Crippen LogP contribution is 2.31. The molecule has 1 heterocycles. The van der Waals surface area contributed by atoms with Gasteiger partial charge in [-0.3, -0.25) is 0 Å². The second-order valence-corrected chi connectivity index (χ2v) is 4.06. The minimum atomic E-state index is -4.37. The lowest BCUT2D eigenvalue weighted by atomic mass is 10.0. The zero-order chi connectivity index (χ0) is 14.8. The molecule has 3 nitrogen and oxygen atoms in total. The molecule has 0 atom stereocenters. The topological polar surface area (TPSA) is 42.1 Å². The lowest BCUT2D eigenvalue weighted by molar-refractivity contribution is -0.137. The van der Waals surface area contributed by atoms with Crippen LogP contribution in [0.4, 0.5) is 13.2 Å². The van der Waals surface area contributed by atoms with Gasteiger partial charge in [0.1, 0.15) is 5.69 Å². The van der Waals surface area contributed by atoms with Crippen molar-refractivity contribution in [1.29, 1.82) is 0 Å². The van der Waals surface area contributed by atoms with Gasteiger partial charge in [0.05, 0.1) is 12.2 Å². The molecule has 0 spiro atoms.